The van der Waals surface area contributed by atoms with Crippen LogP contribution in [0.3, 0.4) is 0 Å². The van der Waals surface area contributed by atoms with E-state index in [1.54, 1.807) is 0 Å². The molecule has 8 heteroatoms. The van der Waals surface area contributed by atoms with Crippen molar-refractivity contribution >= 4 is 23.8 Å². The van der Waals surface area contributed by atoms with E-state index in [0.717, 1.165) is 22.2 Å². The van der Waals surface area contributed by atoms with Crippen molar-refractivity contribution < 1.29 is 18.7 Å². The summed E-state index contributed by atoms with van der Waals surface area (Å²) < 4.78 is 10.3. The molecule has 0 saturated carbocycles. The number of thioether (sulfide) groups is 1. The summed E-state index contributed by atoms with van der Waals surface area (Å²) in [7, 11) is 0. The minimum absolute atomic E-state index is 0.0414. The lowest BCUT2D eigenvalue weighted by molar-refractivity contribution is -0.125. The van der Waals surface area contributed by atoms with E-state index in [-0.39, 0.29) is 35.4 Å². The summed E-state index contributed by atoms with van der Waals surface area (Å²) >= 11 is 1.10. The van der Waals surface area contributed by atoms with Gasteiger partial charge in [0.05, 0.1) is 12.3 Å². The van der Waals surface area contributed by atoms with Crippen molar-refractivity contribution in [3.05, 3.63) is 29.8 Å². The highest BCUT2D eigenvalue weighted by Gasteiger charge is 2.28. The number of carbonyl (C=O) groups is 2. The number of ether oxygens (including phenoxy) is 1. The molecule has 0 unspecified atom stereocenters. The molecule has 1 aliphatic heterocycles. The molecule has 0 radical (unpaired) electrons. The number of cyclic esters (lactones) is 1. The van der Waals surface area contributed by atoms with Crippen molar-refractivity contribution in [3.8, 4) is 11.5 Å². The smallest absolute Gasteiger partial charge is 0.416 e. The van der Waals surface area contributed by atoms with Gasteiger partial charge in [-0.2, -0.15) is 0 Å². The summed E-state index contributed by atoms with van der Waals surface area (Å²) in [5.41, 5.74) is 2.11. The van der Waals surface area contributed by atoms with Gasteiger partial charge >= 0.3 is 6.09 Å². The van der Waals surface area contributed by atoms with E-state index in [1.165, 1.54) is 5.56 Å². The van der Waals surface area contributed by atoms with Gasteiger partial charge in [-0.3, -0.25) is 4.79 Å². The average molecular weight is 361 g/mol. The first kappa shape index (κ1) is 17.5. The number of hydrogen-bond donors (Lipinski definition) is 0. The molecule has 25 heavy (non-hydrogen) atoms. The molecule has 0 aliphatic carbocycles. The average Bonchev–Trinajstić information content (AvgIpc) is 3.21. The van der Waals surface area contributed by atoms with Gasteiger partial charge in [-0.05, 0) is 23.1 Å². The SMILES string of the molecule is CC(C)(C)c1ccc(-c2nnc(SCC(=O)N3CCOC3=O)o2)cc1. The van der Waals surface area contributed by atoms with E-state index in [4.69, 9.17) is 9.15 Å². The third kappa shape index (κ3) is 4.01. The molecule has 2 aromatic rings. The van der Waals surface area contributed by atoms with Crippen molar-refractivity contribution in [2.24, 2.45) is 0 Å². The molecule has 0 spiro atoms. The number of rotatable bonds is 4. The van der Waals surface area contributed by atoms with Gasteiger partial charge in [0, 0.05) is 5.56 Å². The highest BCUT2D eigenvalue weighted by Crippen LogP contribution is 2.27. The molecule has 1 aliphatic rings. The fourth-order valence-electron chi connectivity index (χ4n) is 2.32. The Morgan fingerprint density at radius 3 is 2.56 bits per heavy atom. The van der Waals surface area contributed by atoms with E-state index in [0.29, 0.717) is 5.89 Å². The lowest BCUT2D eigenvalue weighted by atomic mass is 9.87. The molecule has 0 atom stereocenters. The first-order valence-corrected chi connectivity index (χ1v) is 8.87. The minimum atomic E-state index is -0.601. The van der Waals surface area contributed by atoms with Crippen LogP contribution >= 0.6 is 11.8 Å². The monoisotopic (exact) mass is 361 g/mol. The van der Waals surface area contributed by atoms with E-state index < -0.39 is 6.09 Å². The zero-order chi connectivity index (χ0) is 18.0. The largest absolute Gasteiger partial charge is 0.447 e. The number of nitrogens with zero attached hydrogens (tertiary/aromatic N) is 3. The van der Waals surface area contributed by atoms with Crippen LogP contribution in [-0.4, -0.2) is 46.0 Å². The summed E-state index contributed by atoms with van der Waals surface area (Å²) in [5.74, 6) is 0.109. The van der Waals surface area contributed by atoms with Gasteiger partial charge in [-0.15, -0.1) is 10.2 Å². The fraction of sp³-hybridized carbons (Fsp3) is 0.412. The normalized spacial score (nSPS) is 14.7. The second kappa shape index (κ2) is 6.87. The number of carbonyl (C=O) groups excluding carboxylic acids is 2. The Hall–Kier alpha value is -2.35. The van der Waals surface area contributed by atoms with Crippen LogP contribution in [0.1, 0.15) is 26.3 Å². The Morgan fingerprint density at radius 1 is 1.24 bits per heavy atom. The molecule has 2 heterocycles. The molecule has 3 rings (SSSR count). The van der Waals surface area contributed by atoms with Crippen LogP contribution in [0.5, 0.6) is 0 Å². The summed E-state index contributed by atoms with van der Waals surface area (Å²) in [6.07, 6.45) is -0.601. The first-order valence-electron chi connectivity index (χ1n) is 7.89. The minimum Gasteiger partial charge on any atom is -0.447 e. The van der Waals surface area contributed by atoms with Crippen LogP contribution in [0.15, 0.2) is 33.9 Å². The standard InChI is InChI=1S/C17H19N3O4S/c1-17(2,3)12-6-4-11(5-7-12)14-18-19-15(24-14)25-10-13(21)20-8-9-23-16(20)22/h4-7H,8-10H2,1-3H3. The first-order chi connectivity index (χ1) is 11.8. The van der Waals surface area contributed by atoms with Crippen LogP contribution in [0, 0.1) is 0 Å². The highest BCUT2D eigenvalue weighted by atomic mass is 32.2. The zero-order valence-electron chi connectivity index (χ0n) is 14.3. The number of hydrogen-bond acceptors (Lipinski definition) is 7. The molecule has 0 bridgehead atoms. The Morgan fingerprint density at radius 2 is 1.96 bits per heavy atom. The van der Waals surface area contributed by atoms with Crippen LogP contribution in [0.25, 0.3) is 11.5 Å². The van der Waals surface area contributed by atoms with E-state index in [1.807, 2.05) is 24.3 Å². The van der Waals surface area contributed by atoms with Crippen LogP contribution < -0.4 is 0 Å². The number of aromatic nitrogens is 2. The molecular formula is C17H19N3O4S. The van der Waals surface area contributed by atoms with Crippen molar-refractivity contribution in [2.45, 2.75) is 31.4 Å². The van der Waals surface area contributed by atoms with E-state index >= 15 is 0 Å². The molecular weight excluding hydrogens is 342 g/mol. The van der Waals surface area contributed by atoms with Gasteiger partial charge in [0.25, 0.3) is 5.22 Å². The maximum Gasteiger partial charge on any atom is 0.416 e. The Balaban J connectivity index is 1.62. The quantitative estimate of drug-likeness (QED) is 0.773. The molecule has 1 aromatic carbocycles. The molecule has 1 aromatic heterocycles. The number of benzene rings is 1. The third-order valence-corrected chi connectivity index (χ3v) is 4.59. The van der Waals surface area contributed by atoms with Crippen LogP contribution in [-0.2, 0) is 14.9 Å². The van der Waals surface area contributed by atoms with Gasteiger partial charge in [-0.25, -0.2) is 9.69 Å². The molecule has 1 fully saturated rings. The van der Waals surface area contributed by atoms with Gasteiger partial charge in [0.2, 0.25) is 11.8 Å². The molecule has 1 saturated heterocycles. The van der Waals surface area contributed by atoms with E-state index in [2.05, 4.69) is 31.0 Å². The maximum atomic E-state index is 12.0. The number of imide groups is 1. The van der Waals surface area contributed by atoms with E-state index in [9.17, 15) is 9.59 Å². The topological polar surface area (TPSA) is 85.5 Å². The lowest BCUT2D eigenvalue weighted by Crippen LogP contribution is -2.32. The van der Waals surface area contributed by atoms with Gasteiger partial charge in [-0.1, -0.05) is 44.7 Å². The predicted octanol–water partition coefficient (Wildman–Crippen LogP) is 3.11. The molecule has 7 nitrogen and oxygen atoms in total. The summed E-state index contributed by atoms with van der Waals surface area (Å²) in [4.78, 5) is 24.4. The highest BCUT2D eigenvalue weighted by molar-refractivity contribution is 7.99. The predicted molar refractivity (Wildman–Crippen MR) is 92.2 cm³/mol. The molecule has 0 N–H and O–H groups in total. The maximum absolute atomic E-state index is 12.0. The van der Waals surface area contributed by atoms with Gasteiger partial charge < -0.3 is 9.15 Å². The molecule has 2 amide bonds. The second-order valence-corrected chi connectivity index (χ2v) is 7.58. The fourth-order valence-corrected chi connectivity index (χ4v) is 2.96. The van der Waals surface area contributed by atoms with Crippen molar-refractivity contribution in [3.63, 3.8) is 0 Å². The summed E-state index contributed by atoms with van der Waals surface area (Å²) in [6.45, 7) is 6.97. The van der Waals surface area contributed by atoms with Gasteiger partial charge in [0.1, 0.15) is 6.61 Å². The summed E-state index contributed by atoms with van der Waals surface area (Å²) in [5, 5.41) is 8.24. The lowest BCUT2D eigenvalue weighted by Gasteiger charge is -2.18. The molecule has 132 valence electrons. The van der Waals surface area contributed by atoms with Crippen LogP contribution in [0.4, 0.5) is 4.79 Å². The van der Waals surface area contributed by atoms with Crippen molar-refractivity contribution in [1.29, 1.82) is 0 Å². The Bertz CT molecular complexity index is 780. The van der Waals surface area contributed by atoms with Crippen molar-refractivity contribution in [2.75, 3.05) is 18.9 Å². The third-order valence-electron chi connectivity index (χ3n) is 3.79. The summed E-state index contributed by atoms with van der Waals surface area (Å²) in [6, 6.07) is 7.95. The van der Waals surface area contributed by atoms with Crippen LogP contribution in [0.2, 0.25) is 0 Å². The number of amides is 2. The Labute approximate surface area is 149 Å². The Kier molecular flexibility index (Phi) is 4.80. The van der Waals surface area contributed by atoms with Gasteiger partial charge in [0.15, 0.2) is 0 Å². The second-order valence-electron chi connectivity index (χ2n) is 6.65. The van der Waals surface area contributed by atoms with Crippen molar-refractivity contribution in [1.82, 2.24) is 15.1 Å². The zero-order valence-corrected chi connectivity index (χ0v) is 15.1.